The zero-order valence-corrected chi connectivity index (χ0v) is 5.33. The lowest BCUT2D eigenvalue weighted by Crippen LogP contribution is -2.31. The molecule has 0 aromatic carbocycles. The lowest BCUT2D eigenvalue weighted by atomic mass is 10.6. The second-order valence-electron chi connectivity index (χ2n) is 1.13. The third-order valence-electron chi connectivity index (χ3n) is 0.456. The molecule has 0 saturated heterocycles. The van der Waals surface area contributed by atoms with E-state index in [-0.39, 0.29) is 0 Å². The summed E-state index contributed by atoms with van der Waals surface area (Å²) in [5.41, 5.74) is 0. The Labute approximate surface area is 55.3 Å². The van der Waals surface area contributed by atoms with Gasteiger partial charge in [-0.25, -0.2) is 0 Å². The first-order chi connectivity index (χ1) is 3.81. The van der Waals surface area contributed by atoms with Crippen LogP contribution in [-0.2, 0) is 0 Å². The first-order valence-corrected chi connectivity index (χ1v) is 2.39. The van der Waals surface area contributed by atoms with E-state index in [0.29, 0.717) is 0 Å². The van der Waals surface area contributed by atoms with E-state index >= 15 is 0 Å². The topological polar surface area (TPSA) is 29.4 Å². The van der Waals surface area contributed by atoms with Crippen molar-refractivity contribution in [2.75, 3.05) is 0 Å². The summed E-state index contributed by atoms with van der Waals surface area (Å²) in [4.78, 5) is 4.41. The average molecular weight is 210 g/mol. The van der Waals surface area contributed by atoms with E-state index in [1.807, 2.05) is 0 Å². The molecule has 0 aliphatic carbocycles. The van der Waals surface area contributed by atoms with E-state index in [4.69, 9.17) is 4.91 Å². The monoisotopic (exact) mass is 209 g/mol. The van der Waals surface area contributed by atoms with Crippen LogP contribution in [-0.4, -0.2) is 10.9 Å². The summed E-state index contributed by atoms with van der Waals surface area (Å²) in [5.74, 6) is 0. The van der Waals surface area contributed by atoms with Gasteiger partial charge < -0.3 is 0 Å². The van der Waals surface area contributed by atoms with Crippen molar-refractivity contribution in [3.63, 3.8) is 0 Å². The molecule has 0 spiro atoms. The predicted molar refractivity (Wildman–Crippen MR) is 24.6 cm³/mol. The summed E-state index contributed by atoms with van der Waals surface area (Å²) in [5, 5.41) is 0.911. The van der Waals surface area contributed by atoms with Crippen molar-refractivity contribution in [3.8, 4) is 0 Å². The van der Waals surface area contributed by atoms with Gasteiger partial charge in [0.1, 0.15) is 0 Å². The Morgan fingerprint density at radius 1 is 1.22 bits per heavy atom. The van der Waals surface area contributed by atoms with Crippen LogP contribution in [0.2, 0.25) is 0 Å². The molecule has 0 amide bonds. The van der Waals surface area contributed by atoms with Crippen LogP contribution in [0, 0.1) is 4.91 Å². The molecule has 0 rings (SSSR count). The van der Waals surface area contributed by atoms with Crippen molar-refractivity contribution < 1.29 is 17.6 Å². The van der Waals surface area contributed by atoms with Gasteiger partial charge in [-0.3, -0.25) is 0 Å². The third kappa shape index (κ3) is 1.88. The highest BCUT2D eigenvalue weighted by atomic mass is 79.9. The SMILES string of the molecule is O=NC(F)(F)C(F)(F)Br. The normalized spacial score (nSPS) is 13.4. The Hall–Kier alpha value is -0.200. The fourth-order valence-corrected chi connectivity index (χ4v) is 0.124. The van der Waals surface area contributed by atoms with Gasteiger partial charge in [0.05, 0.1) is 0 Å². The van der Waals surface area contributed by atoms with Crippen LogP contribution in [0.25, 0.3) is 0 Å². The Morgan fingerprint density at radius 2 is 1.56 bits per heavy atom. The van der Waals surface area contributed by atoms with E-state index < -0.39 is 10.9 Å². The van der Waals surface area contributed by atoms with Crippen molar-refractivity contribution in [3.05, 3.63) is 4.91 Å². The van der Waals surface area contributed by atoms with E-state index in [0.717, 1.165) is 5.18 Å². The summed E-state index contributed by atoms with van der Waals surface area (Å²) in [6.07, 6.45) is 0. The van der Waals surface area contributed by atoms with Crippen molar-refractivity contribution in [2.45, 2.75) is 10.9 Å². The molecule has 54 valence electrons. The largest absolute Gasteiger partial charge is 0.450 e. The second kappa shape index (κ2) is 2.20. The molecule has 0 radical (unpaired) electrons. The van der Waals surface area contributed by atoms with Crippen LogP contribution < -0.4 is 0 Å². The second-order valence-corrected chi connectivity index (χ2v) is 2.13. The Morgan fingerprint density at radius 3 is 1.56 bits per heavy atom. The molecule has 0 N–H and O–H groups in total. The minimum Gasteiger partial charge on any atom is -0.184 e. The van der Waals surface area contributed by atoms with Gasteiger partial charge in [-0.1, -0.05) is 0 Å². The minimum atomic E-state index is -4.87. The first kappa shape index (κ1) is 8.80. The van der Waals surface area contributed by atoms with Gasteiger partial charge in [0.25, 0.3) is 0 Å². The summed E-state index contributed by atoms with van der Waals surface area (Å²) >= 11 is 1.28. The zero-order chi connectivity index (χ0) is 7.71. The minimum absolute atomic E-state index is 0.911. The fourth-order valence-electron chi connectivity index (χ4n) is 0.0518. The molecule has 0 fully saturated rings. The van der Waals surface area contributed by atoms with Gasteiger partial charge in [-0.2, -0.15) is 17.6 Å². The average Bonchev–Trinajstić information content (AvgIpc) is 1.64. The van der Waals surface area contributed by atoms with Gasteiger partial charge in [-0.05, 0) is 15.9 Å². The highest BCUT2D eigenvalue weighted by Crippen LogP contribution is 2.39. The van der Waals surface area contributed by atoms with Crippen molar-refractivity contribution in [1.29, 1.82) is 0 Å². The summed E-state index contributed by atoms with van der Waals surface area (Å²) < 4.78 is 45.5. The van der Waals surface area contributed by atoms with Crippen LogP contribution in [0.3, 0.4) is 0 Å². The van der Waals surface area contributed by atoms with Crippen molar-refractivity contribution in [2.24, 2.45) is 5.18 Å². The summed E-state index contributed by atoms with van der Waals surface area (Å²) in [7, 11) is 0. The molecule has 0 aliphatic heterocycles. The van der Waals surface area contributed by atoms with Gasteiger partial charge in [-0.15, -0.1) is 4.91 Å². The Kier molecular flexibility index (Phi) is 2.15. The lowest BCUT2D eigenvalue weighted by molar-refractivity contribution is -0.141. The molecule has 7 heteroatoms. The van der Waals surface area contributed by atoms with E-state index in [2.05, 4.69) is 0 Å². The highest BCUT2D eigenvalue weighted by molar-refractivity contribution is 9.10. The maximum atomic E-state index is 11.4. The number of hydrogen-bond acceptors (Lipinski definition) is 2. The number of nitroso groups, excluding NO2 is 1. The van der Waals surface area contributed by atoms with Crippen LogP contribution in [0.1, 0.15) is 0 Å². The predicted octanol–water partition coefficient (Wildman–Crippen LogP) is 2.33. The van der Waals surface area contributed by atoms with Crippen LogP contribution in [0.4, 0.5) is 17.6 Å². The molecular formula is C2BrF4NO. The molecule has 0 bridgehead atoms. The quantitative estimate of drug-likeness (QED) is 0.297. The molecule has 0 aromatic rings. The van der Waals surface area contributed by atoms with Crippen molar-refractivity contribution >= 4 is 15.9 Å². The fraction of sp³-hybridized carbons (Fsp3) is 1.00. The number of hydrogen-bond donors (Lipinski definition) is 0. The number of nitrogens with zero attached hydrogens (tertiary/aromatic N) is 1. The smallest absolute Gasteiger partial charge is 0.184 e. The van der Waals surface area contributed by atoms with Gasteiger partial charge in [0.15, 0.2) is 0 Å². The maximum Gasteiger partial charge on any atom is 0.450 e. The van der Waals surface area contributed by atoms with Crippen molar-refractivity contribution in [1.82, 2.24) is 0 Å². The van der Waals surface area contributed by atoms with Gasteiger partial charge >= 0.3 is 10.9 Å². The number of halogens is 5. The van der Waals surface area contributed by atoms with Crippen LogP contribution in [0.15, 0.2) is 5.18 Å². The third-order valence-corrected chi connectivity index (χ3v) is 0.933. The Bertz CT molecular complexity index is 120. The zero-order valence-electron chi connectivity index (χ0n) is 3.75. The summed E-state index contributed by atoms with van der Waals surface area (Å²) in [6.45, 7) is 0. The lowest BCUT2D eigenvalue weighted by Gasteiger charge is -2.11. The molecule has 0 aromatic heterocycles. The molecule has 0 unspecified atom stereocenters. The van der Waals surface area contributed by atoms with Gasteiger partial charge in [0, 0.05) is 5.18 Å². The Balaban J connectivity index is 4.32. The standard InChI is InChI=1S/C2BrF4NO/c3-1(4,5)2(6,7)8-9. The molecule has 0 aliphatic rings. The van der Waals surface area contributed by atoms with Crippen LogP contribution in [0.5, 0.6) is 0 Å². The van der Waals surface area contributed by atoms with Gasteiger partial charge in [0.2, 0.25) is 0 Å². The molecule has 9 heavy (non-hydrogen) atoms. The molecule has 0 heterocycles. The molecule has 0 atom stereocenters. The molecular weight excluding hydrogens is 210 g/mol. The molecule has 2 nitrogen and oxygen atoms in total. The first-order valence-electron chi connectivity index (χ1n) is 1.60. The van der Waals surface area contributed by atoms with E-state index in [9.17, 15) is 17.6 Å². The van der Waals surface area contributed by atoms with Crippen LogP contribution >= 0.6 is 15.9 Å². The number of alkyl halides is 5. The number of rotatable bonds is 2. The highest BCUT2D eigenvalue weighted by Gasteiger charge is 2.56. The van der Waals surface area contributed by atoms with E-state index in [1.165, 1.54) is 15.9 Å². The molecule has 0 saturated carbocycles. The maximum absolute atomic E-state index is 11.4. The van der Waals surface area contributed by atoms with E-state index in [1.54, 1.807) is 0 Å². The summed E-state index contributed by atoms with van der Waals surface area (Å²) in [6, 6.07) is -4.87.